The van der Waals surface area contributed by atoms with Crippen molar-refractivity contribution in [1.29, 1.82) is 0 Å². The molecule has 2 nitrogen and oxygen atoms in total. The van der Waals surface area contributed by atoms with E-state index in [0.29, 0.717) is 6.42 Å². The molecule has 0 aromatic carbocycles. The van der Waals surface area contributed by atoms with Gasteiger partial charge in [-0.15, -0.1) is 13.0 Å². The molecule has 0 rings (SSSR count). The summed E-state index contributed by atoms with van der Waals surface area (Å²) in [5.74, 6) is 2.05. The minimum Gasteiger partial charge on any atom is -0.449 e. The lowest BCUT2D eigenvalue weighted by Crippen LogP contribution is -2.22. The Hall–Kier alpha value is -1.23. The van der Waals surface area contributed by atoms with Gasteiger partial charge in [0.05, 0.1) is 5.92 Å². The van der Waals surface area contributed by atoms with Crippen molar-refractivity contribution in [1.82, 2.24) is 0 Å². The number of carbonyl (C=O) groups is 1. The van der Waals surface area contributed by atoms with Gasteiger partial charge in [0.1, 0.15) is 0 Å². The predicted octanol–water partition coefficient (Wildman–Crippen LogP) is 5.27. The van der Waals surface area contributed by atoms with Gasteiger partial charge in [-0.3, -0.25) is 4.79 Å². The van der Waals surface area contributed by atoms with Crippen molar-refractivity contribution >= 4 is 5.97 Å². The second-order valence-corrected chi connectivity index (χ2v) is 5.61. The van der Waals surface area contributed by atoms with Crippen LogP contribution in [0.5, 0.6) is 0 Å². The summed E-state index contributed by atoms with van der Waals surface area (Å²) >= 11 is 0. The maximum Gasteiger partial charge on any atom is 0.314 e. The van der Waals surface area contributed by atoms with Crippen LogP contribution >= 0.6 is 0 Å². The first-order chi connectivity index (χ1) is 10.2. The molecule has 0 aliphatic heterocycles. The molecular weight excluding hydrogens is 260 g/mol. The van der Waals surface area contributed by atoms with Crippen molar-refractivity contribution in [3.8, 4) is 12.3 Å². The van der Waals surface area contributed by atoms with Gasteiger partial charge < -0.3 is 4.74 Å². The second kappa shape index (κ2) is 13.7. The quantitative estimate of drug-likeness (QED) is 0.200. The fourth-order valence-electron chi connectivity index (χ4n) is 2.29. The number of hydrogen-bond acceptors (Lipinski definition) is 2. The van der Waals surface area contributed by atoms with E-state index in [1.807, 2.05) is 6.92 Å². The van der Waals surface area contributed by atoms with E-state index in [9.17, 15) is 4.79 Å². The van der Waals surface area contributed by atoms with E-state index < -0.39 is 6.10 Å². The summed E-state index contributed by atoms with van der Waals surface area (Å²) < 4.78 is 5.28. The highest BCUT2D eigenvalue weighted by Crippen LogP contribution is 2.16. The molecule has 2 heteroatoms. The average molecular weight is 292 g/mol. The van der Waals surface area contributed by atoms with Gasteiger partial charge >= 0.3 is 5.97 Å². The predicted molar refractivity (Wildman–Crippen MR) is 89.9 cm³/mol. The Morgan fingerprint density at radius 3 is 2.19 bits per heavy atom. The first-order valence-electron chi connectivity index (χ1n) is 8.48. The van der Waals surface area contributed by atoms with Crippen LogP contribution < -0.4 is 0 Å². The molecule has 0 fully saturated rings. The second-order valence-electron chi connectivity index (χ2n) is 5.61. The van der Waals surface area contributed by atoms with Gasteiger partial charge in [-0.25, -0.2) is 0 Å². The summed E-state index contributed by atoms with van der Waals surface area (Å²) in [6, 6.07) is 0. The Morgan fingerprint density at radius 1 is 1.14 bits per heavy atom. The zero-order valence-corrected chi connectivity index (χ0v) is 13.9. The third kappa shape index (κ3) is 10.2. The van der Waals surface area contributed by atoms with Crippen molar-refractivity contribution in [2.45, 2.75) is 84.2 Å². The van der Waals surface area contributed by atoms with Gasteiger partial charge in [0.25, 0.3) is 0 Å². The maximum absolute atomic E-state index is 12.0. The summed E-state index contributed by atoms with van der Waals surface area (Å²) in [6.07, 6.45) is 18.2. The van der Waals surface area contributed by atoms with E-state index >= 15 is 0 Å². The van der Waals surface area contributed by atoms with Crippen molar-refractivity contribution in [3.05, 3.63) is 12.7 Å². The summed E-state index contributed by atoms with van der Waals surface area (Å²) in [7, 11) is 0. The summed E-state index contributed by atoms with van der Waals surface area (Å²) in [5, 5.41) is 0. The molecule has 0 aromatic heterocycles. The molecule has 0 aliphatic carbocycles. The average Bonchev–Trinajstić information content (AvgIpc) is 2.51. The van der Waals surface area contributed by atoms with Gasteiger partial charge in [-0.1, -0.05) is 77.2 Å². The summed E-state index contributed by atoms with van der Waals surface area (Å²) in [4.78, 5) is 12.0. The van der Waals surface area contributed by atoms with E-state index in [-0.39, 0.29) is 11.9 Å². The highest BCUT2D eigenvalue weighted by Gasteiger charge is 2.18. The Kier molecular flexibility index (Phi) is 12.9. The van der Waals surface area contributed by atoms with Crippen LogP contribution in [-0.2, 0) is 9.53 Å². The number of esters is 1. The molecule has 0 aliphatic rings. The van der Waals surface area contributed by atoms with Crippen LogP contribution in [0, 0.1) is 18.3 Å². The molecular formula is C19H32O2. The van der Waals surface area contributed by atoms with Crippen LogP contribution in [0.4, 0.5) is 0 Å². The standard InChI is InChI=1S/C19H32O2/c1-5-9-10-11-12-13-14-15-16-17(6-2)19(20)21-18(7-3)8-4/h3,6,17-18H,2,5,8-16H2,1,4H3. The minimum absolute atomic E-state index is 0.215. The highest BCUT2D eigenvalue weighted by molar-refractivity contribution is 5.74. The fraction of sp³-hybridized carbons (Fsp3) is 0.737. The molecule has 0 aromatic rings. The van der Waals surface area contributed by atoms with Crippen LogP contribution in [0.15, 0.2) is 12.7 Å². The summed E-state index contributed by atoms with van der Waals surface area (Å²) in [6.45, 7) is 7.89. The molecule has 0 spiro atoms. The lowest BCUT2D eigenvalue weighted by atomic mass is 10.00. The molecule has 0 saturated carbocycles. The van der Waals surface area contributed by atoms with Crippen LogP contribution in [-0.4, -0.2) is 12.1 Å². The van der Waals surface area contributed by atoms with Crippen molar-refractivity contribution < 1.29 is 9.53 Å². The molecule has 2 unspecified atom stereocenters. The number of ether oxygens (including phenoxy) is 1. The Morgan fingerprint density at radius 2 is 1.71 bits per heavy atom. The third-order valence-corrected chi connectivity index (χ3v) is 3.77. The lowest BCUT2D eigenvalue weighted by molar-refractivity contribution is -0.150. The molecule has 2 atom stereocenters. The summed E-state index contributed by atoms with van der Waals surface area (Å²) in [5.41, 5.74) is 0. The van der Waals surface area contributed by atoms with Gasteiger partial charge in [-0.2, -0.15) is 0 Å². The van der Waals surface area contributed by atoms with Crippen LogP contribution in [0.25, 0.3) is 0 Å². The topological polar surface area (TPSA) is 26.3 Å². The monoisotopic (exact) mass is 292 g/mol. The Bertz CT molecular complexity index is 314. The number of rotatable bonds is 13. The van der Waals surface area contributed by atoms with E-state index in [0.717, 1.165) is 12.8 Å². The molecule has 0 N–H and O–H groups in total. The largest absolute Gasteiger partial charge is 0.449 e. The minimum atomic E-state index is -0.404. The number of hydrogen-bond donors (Lipinski definition) is 0. The van der Waals surface area contributed by atoms with E-state index in [1.54, 1.807) is 6.08 Å². The first-order valence-corrected chi connectivity index (χ1v) is 8.48. The molecule has 0 amide bonds. The normalized spacial score (nSPS) is 13.2. The van der Waals surface area contributed by atoms with Crippen LogP contribution in [0.1, 0.15) is 78.1 Å². The fourth-order valence-corrected chi connectivity index (χ4v) is 2.29. The number of carbonyl (C=O) groups excluding carboxylic acids is 1. The van der Waals surface area contributed by atoms with E-state index in [4.69, 9.17) is 11.2 Å². The number of terminal acetylenes is 1. The van der Waals surface area contributed by atoms with E-state index in [2.05, 4.69) is 19.4 Å². The van der Waals surface area contributed by atoms with Crippen LogP contribution in [0.3, 0.4) is 0 Å². The lowest BCUT2D eigenvalue weighted by Gasteiger charge is -2.15. The molecule has 120 valence electrons. The van der Waals surface area contributed by atoms with Gasteiger partial charge in [0.15, 0.2) is 6.10 Å². The molecule has 0 bridgehead atoms. The smallest absolute Gasteiger partial charge is 0.314 e. The van der Waals surface area contributed by atoms with Gasteiger partial charge in [0, 0.05) is 0 Å². The molecule has 0 heterocycles. The third-order valence-electron chi connectivity index (χ3n) is 3.77. The SMILES string of the molecule is C#CC(CC)OC(=O)C(C=C)CCCCCCCCCC. The zero-order valence-electron chi connectivity index (χ0n) is 13.9. The maximum atomic E-state index is 12.0. The van der Waals surface area contributed by atoms with Crippen molar-refractivity contribution in [2.24, 2.45) is 5.92 Å². The van der Waals surface area contributed by atoms with Crippen LogP contribution in [0.2, 0.25) is 0 Å². The Labute approximate surface area is 131 Å². The van der Waals surface area contributed by atoms with Gasteiger partial charge in [0.2, 0.25) is 0 Å². The van der Waals surface area contributed by atoms with Crippen molar-refractivity contribution in [2.75, 3.05) is 0 Å². The number of unbranched alkanes of at least 4 members (excludes halogenated alkanes) is 7. The van der Waals surface area contributed by atoms with E-state index in [1.165, 1.54) is 44.9 Å². The Balaban J connectivity index is 3.77. The highest BCUT2D eigenvalue weighted by atomic mass is 16.5. The molecule has 0 saturated heterocycles. The first kappa shape index (κ1) is 19.8. The molecule has 0 radical (unpaired) electrons. The van der Waals surface area contributed by atoms with Gasteiger partial charge in [-0.05, 0) is 12.8 Å². The van der Waals surface area contributed by atoms with Crippen molar-refractivity contribution in [3.63, 3.8) is 0 Å². The zero-order chi connectivity index (χ0) is 15.9. The molecule has 21 heavy (non-hydrogen) atoms.